The van der Waals surface area contributed by atoms with Gasteiger partial charge in [-0.05, 0) is 49.6 Å². The lowest BCUT2D eigenvalue weighted by Crippen LogP contribution is -2.56. The molecule has 1 N–H and O–H groups in total. The van der Waals surface area contributed by atoms with E-state index in [2.05, 4.69) is 50.3 Å². The average Bonchev–Trinajstić information content (AvgIpc) is 2.81. The third-order valence-electron chi connectivity index (χ3n) is 6.62. The smallest absolute Gasteiger partial charge is 0.237 e. The normalized spacial score (nSPS) is 19.9. The first-order chi connectivity index (χ1) is 15.1. The number of amides is 1. The highest BCUT2D eigenvalue weighted by molar-refractivity contribution is 5.81. The van der Waals surface area contributed by atoms with Gasteiger partial charge in [0.1, 0.15) is 5.82 Å². The number of piperidine rings is 1. The zero-order valence-electron chi connectivity index (χ0n) is 18.3. The minimum absolute atomic E-state index is 0.127. The molecular weight excluding hydrogens is 391 g/mol. The van der Waals surface area contributed by atoms with Crippen molar-refractivity contribution in [1.29, 1.82) is 0 Å². The molecule has 31 heavy (non-hydrogen) atoms. The first-order valence-corrected chi connectivity index (χ1v) is 11.4. The van der Waals surface area contributed by atoms with Crippen molar-refractivity contribution in [3.63, 3.8) is 0 Å². The third-order valence-corrected chi connectivity index (χ3v) is 6.62. The highest BCUT2D eigenvalue weighted by atomic mass is 19.1. The van der Waals surface area contributed by atoms with Gasteiger partial charge in [-0.1, -0.05) is 30.3 Å². The predicted octanol–water partition coefficient (Wildman–Crippen LogP) is 3.12. The van der Waals surface area contributed by atoms with Gasteiger partial charge in [0, 0.05) is 57.5 Å². The van der Waals surface area contributed by atoms with Crippen LogP contribution in [0.25, 0.3) is 0 Å². The van der Waals surface area contributed by atoms with Crippen LogP contribution in [0.2, 0.25) is 0 Å². The van der Waals surface area contributed by atoms with Crippen molar-refractivity contribution in [1.82, 2.24) is 15.1 Å². The molecule has 1 atom stereocenters. The molecule has 6 heteroatoms. The van der Waals surface area contributed by atoms with E-state index < -0.39 is 0 Å². The Labute approximate surface area is 184 Å². The van der Waals surface area contributed by atoms with Crippen LogP contribution in [0.15, 0.2) is 54.6 Å². The molecule has 1 unspecified atom stereocenters. The zero-order chi connectivity index (χ0) is 21.6. The van der Waals surface area contributed by atoms with Gasteiger partial charge in [-0.3, -0.25) is 14.6 Å². The van der Waals surface area contributed by atoms with Crippen LogP contribution in [0.3, 0.4) is 0 Å². The molecule has 2 saturated heterocycles. The van der Waals surface area contributed by atoms with Crippen LogP contribution in [0.5, 0.6) is 0 Å². The summed E-state index contributed by atoms with van der Waals surface area (Å²) in [6.07, 6.45) is 2.01. The van der Waals surface area contributed by atoms with Crippen LogP contribution in [-0.2, 0) is 11.3 Å². The van der Waals surface area contributed by atoms with Gasteiger partial charge < -0.3 is 10.2 Å². The first-order valence-electron chi connectivity index (χ1n) is 11.4. The summed E-state index contributed by atoms with van der Waals surface area (Å²) in [6.45, 7) is 8.39. The van der Waals surface area contributed by atoms with Crippen LogP contribution >= 0.6 is 0 Å². The number of halogens is 1. The van der Waals surface area contributed by atoms with Gasteiger partial charge in [-0.25, -0.2) is 4.39 Å². The molecule has 0 aromatic heterocycles. The molecule has 166 valence electrons. The number of carbonyl (C=O) groups is 1. The summed E-state index contributed by atoms with van der Waals surface area (Å²) in [7, 11) is 0. The number of carbonyl (C=O) groups excluding carboxylic acids is 1. The Morgan fingerprint density at radius 1 is 0.968 bits per heavy atom. The molecule has 2 aliphatic rings. The van der Waals surface area contributed by atoms with E-state index in [9.17, 15) is 9.18 Å². The Kier molecular flexibility index (Phi) is 7.20. The molecule has 0 aliphatic carbocycles. The number of nitrogens with one attached hydrogen (secondary N) is 1. The molecule has 2 aromatic carbocycles. The Morgan fingerprint density at radius 3 is 2.26 bits per heavy atom. The first kappa shape index (κ1) is 21.8. The molecule has 2 aromatic rings. The maximum absolute atomic E-state index is 13.1. The van der Waals surface area contributed by atoms with Crippen molar-refractivity contribution in [2.75, 3.05) is 44.2 Å². The molecular formula is C25H33FN4O. The lowest BCUT2D eigenvalue weighted by molar-refractivity contribution is -0.127. The number of hydrogen-bond acceptors (Lipinski definition) is 4. The van der Waals surface area contributed by atoms with Crippen molar-refractivity contribution in [3.05, 3.63) is 66.0 Å². The minimum Gasteiger partial charge on any atom is -0.369 e. The second-order valence-electron chi connectivity index (χ2n) is 8.72. The number of hydrogen-bond donors (Lipinski definition) is 1. The van der Waals surface area contributed by atoms with Crippen molar-refractivity contribution >= 4 is 11.6 Å². The quantitative estimate of drug-likeness (QED) is 0.774. The molecule has 0 spiro atoms. The summed E-state index contributed by atoms with van der Waals surface area (Å²) in [5, 5.41) is 3.29. The summed E-state index contributed by atoms with van der Waals surface area (Å²) >= 11 is 0. The largest absolute Gasteiger partial charge is 0.369 e. The molecule has 4 rings (SSSR count). The van der Waals surface area contributed by atoms with Crippen molar-refractivity contribution in [2.45, 2.75) is 38.4 Å². The standard InChI is InChI=1S/C25H33FN4O/c1-20(29-15-17-30(18-16-29)24-9-7-22(26)8-10-24)25(31)27-23-11-13-28(14-12-23)19-21-5-3-2-4-6-21/h2-10,20,23H,11-19H2,1H3,(H,27,31). The SMILES string of the molecule is CC(C(=O)NC1CCN(Cc2ccccc2)CC1)N1CCN(c2ccc(F)cc2)CC1. The lowest BCUT2D eigenvalue weighted by atomic mass is 10.0. The minimum atomic E-state index is -0.210. The van der Waals surface area contributed by atoms with E-state index in [4.69, 9.17) is 0 Å². The van der Waals surface area contributed by atoms with Crippen LogP contribution in [0, 0.1) is 5.82 Å². The Hall–Kier alpha value is -2.44. The number of likely N-dealkylation sites (tertiary alicyclic amines) is 1. The topological polar surface area (TPSA) is 38.8 Å². The van der Waals surface area contributed by atoms with E-state index in [-0.39, 0.29) is 23.8 Å². The van der Waals surface area contributed by atoms with Crippen LogP contribution in [-0.4, -0.2) is 67.1 Å². The van der Waals surface area contributed by atoms with E-state index in [1.165, 1.54) is 17.7 Å². The third kappa shape index (κ3) is 5.83. The van der Waals surface area contributed by atoms with Crippen molar-refractivity contribution < 1.29 is 9.18 Å². The summed E-state index contributed by atoms with van der Waals surface area (Å²) in [5.74, 6) is -0.0738. The monoisotopic (exact) mass is 424 g/mol. The molecule has 2 aliphatic heterocycles. The Bertz CT molecular complexity index is 828. The van der Waals surface area contributed by atoms with E-state index in [1.807, 2.05) is 19.1 Å². The molecule has 1 amide bonds. The van der Waals surface area contributed by atoms with Gasteiger partial charge in [0.25, 0.3) is 0 Å². The van der Waals surface area contributed by atoms with Gasteiger partial charge in [0.05, 0.1) is 6.04 Å². The molecule has 2 heterocycles. The number of benzene rings is 2. The van der Waals surface area contributed by atoms with Gasteiger partial charge >= 0.3 is 0 Å². The Balaban J connectivity index is 1.19. The van der Waals surface area contributed by atoms with Gasteiger partial charge in [0.15, 0.2) is 0 Å². The fourth-order valence-corrected chi connectivity index (χ4v) is 4.58. The maximum atomic E-state index is 13.1. The van der Waals surface area contributed by atoms with Gasteiger partial charge in [-0.15, -0.1) is 0 Å². The maximum Gasteiger partial charge on any atom is 0.237 e. The van der Waals surface area contributed by atoms with Crippen molar-refractivity contribution in [3.8, 4) is 0 Å². The lowest BCUT2D eigenvalue weighted by Gasteiger charge is -2.39. The van der Waals surface area contributed by atoms with Crippen molar-refractivity contribution in [2.24, 2.45) is 0 Å². The fraction of sp³-hybridized carbons (Fsp3) is 0.480. The molecule has 0 radical (unpaired) electrons. The highest BCUT2D eigenvalue weighted by Gasteiger charge is 2.28. The van der Waals surface area contributed by atoms with E-state index >= 15 is 0 Å². The van der Waals surface area contributed by atoms with E-state index in [0.717, 1.165) is 64.3 Å². The summed E-state index contributed by atoms with van der Waals surface area (Å²) in [4.78, 5) is 19.8. The number of piperazine rings is 1. The zero-order valence-corrected chi connectivity index (χ0v) is 18.3. The molecule has 2 fully saturated rings. The Morgan fingerprint density at radius 2 is 1.61 bits per heavy atom. The van der Waals surface area contributed by atoms with E-state index in [1.54, 1.807) is 0 Å². The fourth-order valence-electron chi connectivity index (χ4n) is 4.58. The predicted molar refractivity (Wildman–Crippen MR) is 123 cm³/mol. The number of anilines is 1. The molecule has 0 bridgehead atoms. The van der Waals surface area contributed by atoms with Crippen LogP contribution in [0.4, 0.5) is 10.1 Å². The summed E-state index contributed by atoms with van der Waals surface area (Å²) in [5.41, 5.74) is 2.39. The number of nitrogens with zero attached hydrogens (tertiary/aromatic N) is 3. The van der Waals surface area contributed by atoms with Gasteiger partial charge in [0.2, 0.25) is 5.91 Å². The van der Waals surface area contributed by atoms with Gasteiger partial charge in [-0.2, -0.15) is 0 Å². The average molecular weight is 425 g/mol. The van der Waals surface area contributed by atoms with Crippen LogP contribution < -0.4 is 10.2 Å². The highest BCUT2D eigenvalue weighted by Crippen LogP contribution is 2.18. The second kappa shape index (κ2) is 10.2. The second-order valence-corrected chi connectivity index (χ2v) is 8.72. The molecule has 0 saturated carbocycles. The summed E-state index contributed by atoms with van der Waals surface area (Å²) < 4.78 is 13.1. The van der Waals surface area contributed by atoms with Crippen LogP contribution in [0.1, 0.15) is 25.3 Å². The number of rotatable bonds is 6. The van der Waals surface area contributed by atoms with E-state index in [0.29, 0.717) is 0 Å². The summed E-state index contributed by atoms with van der Waals surface area (Å²) in [6, 6.07) is 17.4. The molecule has 5 nitrogen and oxygen atoms in total.